The molecule has 0 bridgehead atoms. The molecule has 0 spiro atoms. The molecule has 27 heavy (non-hydrogen) atoms. The van der Waals surface area contributed by atoms with Crippen LogP contribution in [0.4, 0.5) is 5.69 Å². The second-order valence-corrected chi connectivity index (χ2v) is 5.95. The van der Waals surface area contributed by atoms with Crippen molar-refractivity contribution in [2.24, 2.45) is 0 Å². The standard InChI is InChI=1S/C20H22N2O5/c1-13-7-6-10-15(18(13)21)19(24)27-12-17(23)22-16(20(25)26-2)11-14-8-4-3-5-9-14/h3-10,16H,11-12,21H2,1-2H3,(H,22,23). The van der Waals surface area contributed by atoms with Crippen molar-refractivity contribution >= 4 is 23.5 Å². The van der Waals surface area contributed by atoms with Gasteiger partial charge in [-0.1, -0.05) is 42.5 Å². The predicted molar refractivity (Wildman–Crippen MR) is 100.0 cm³/mol. The number of nitrogen functional groups attached to an aromatic ring is 1. The van der Waals surface area contributed by atoms with Gasteiger partial charge >= 0.3 is 11.9 Å². The first-order valence-corrected chi connectivity index (χ1v) is 8.35. The average molecular weight is 370 g/mol. The van der Waals surface area contributed by atoms with Crippen LogP contribution in [0, 0.1) is 6.92 Å². The number of carbonyl (C=O) groups is 3. The Morgan fingerprint density at radius 2 is 1.78 bits per heavy atom. The van der Waals surface area contributed by atoms with Crippen LogP contribution in [-0.4, -0.2) is 37.6 Å². The first kappa shape index (κ1) is 20.0. The molecular weight excluding hydrogens is 348 g/mol. The third-order valence-corrected chi connectivity index (χ3v) is 3.98. The third kappa shape index (κ3) is 5.57. The Bertz CT molecular complexity index is 820. The monoisotopic (exact) mass is 370 g/mol. The average Bonchev–Trinajstić information content (AvgIpc) is 2.68. The summed E-state index contributed by atoms with van der Waals surface area (Å²) >= 11 is 0. The van der Waals surface area contributed by atoms with E-state index in [0.29, 0.717) is 5.69 Å². The largest absolute Gasteiger partial charge is 0.467 e. The smallest absolute Gasteiger partial charge is 0.340 e. The molecule has 0 fully saturated rings. The van der Waals surface area contributed by atoms with Crippen LogP contribution in [0.5, 0.6) is 0 Å². The summed E-state index contributed by atoms with van der Waals surface area (Å²) in [5, 5.41) is 2.53. The van der Waals surface area contributed by atoms with Crippen molar-refractivity contribution in [2.75, 3.05) is 19.5 Å². The highest BCUT2D eigenvalue weighted by Crippen LogP contribution is 2.17. The molecule has 0 aliphatic heterocycles. The van der Waals surface area contributed by atoms with E-state index in [1.165, 1.54) is 13.2 Å². The molecule has 7 nitrogen and oxygen atoms in total. The van der Waals surface area contributed by atoms with E-state index in [4.69, 9.17) is 15.2 Å². The zero-order chi connectivity index (χ0) is 19.8. The van der Waals surface area contributed by atoms with E-state index in [-0.39, 0.29) is 12.0 Å². The molecule has 0 aliphatic rings. The van der Waals surface area contributed by atoms with E-state index < -0.39 is 30.5 Å². The highest BCUT2D eigenvalue weighted by molar-refractivity contribution is 5.97. The van der Waals surface area contributed by atoms with E-state index in [1.807, 2.05) is 30.3 Å². The van der Waals surface area contributed by atoms with Gasteiger partial charge in [0, 0.05) is 12.1 Å². The zero-order valence-corrected chi connectivity index (χ0v) is 15.2. The van der Waals surface area contributed by atoms with Crippen LogP contribution in [0.25, 0.3) is 0 Å². The summed E-state index contributed by atoms with van der Waals surface area (Å²) in [6.45, 7) is 1.23. The number of carbonyl (C=O) groups excluding carboxylic acids is 3. The van der Waals surface area contributed by atoms with Gasteiger partial charge in [0.1, 0.15) is 6.04 Å². The van der Waals surface area contributed by atoms with Crippen LogP contribution >= 0.6 is 0 Å². The molecular formula is C20H22N2O5. The molecule has 1 unspecified atom stereocenters. The van der Waals surface area contributed by atoms with Gasteiger partial charge in [0.15, 0.2) is 6.61 Å². The predicted octanol–water partition coefficient (Wildman–Crippen LogP) is 1.63. The summed E-state index contributed by atoms with van der Waals surface area (Å²) in [6.07, 6.45) is 0.262. The minimum absolute atomic E-state index is 0.191. The van der Waals surface area contributed by atoms with Crippen molar-refractivity contribution < 1.29 is 23.9 Å². The molecule has 0 heterocycles. The molecule has 0 radical (unpaired) electrons. The lowest BCUT2D eigenvalue weighted by Crippen LogP contribution is -2.44. The van der Waals surface area contributed by atoms with Gasteiger partial charge in [0.25, 0.3) is 5.91 Å². The summed E-state index contributed by atoms with van der Waals surface area (Å²) in [6, 6.07) is 13.3. The molecule has 0 saturated heterocycles. The van der Waals surface area contributed by atoms with Crippen LogP contribution in [0.1, 0.15) is 21.5 Å². The minimum Gasteiger partial charge on any atom is -0.467 e. The minimum atomic E-state index is -0.882. The van der Waals surface area contributed by atoms with Gasteiger partial charge in [-0.05, 0) is 24.1 Å². The highest BCUT2D eigenvalue weighted by atomic mass is 16.5. The summed E-state index contributed by atoms with van der Waals surface area (Å²) in [5.41, 5.74) is 7.95. The van der Waals surface area contributed by atoms with Crippen molar-refractivity contribution in [3.63, 3.8) is 0 Å². The number of nitrogens with two attached hydrogens (primary N) is 1. The van der Waals surface area contributed by atoms with Gasteiger partial charge in [-0.15, -0.1) is 0 Å². The number of benzene rings is 2. The van der Waals surface area contributed by atoms with Crippen molar-refractivity contribution in [3.8, 4) is 0 Å². The first-order chi connectivity index (χ1) is 12.9. The number of esters is 2. The van der Waals surface area contributed by atoms with Crippen molar-refractivity contribution in [2.45, 2.75) is 19.4 Å². The van der Waals surface area contributed by atoms with Crippen LogP contribution in [0.3, 0.4) is 0 Å². The maximum Gasteiger partial charge on any atom is 0.340 e. The Balaban J connectivity index is 1.96. The Kier molecular flexibility index (Phi) is 6.93. The Morgan fingerprint density at radius 1 is 1.07 bits per heavy atom. The van der Waals surface area contributed by atoms with Gasteiger partial charge in [-0.25, -0.2) is 9.59 Å². The van der Waals surface area contributed by atoms with Gasteiger partial charge < -0.3 is 20.5 Å². The third-order valence-electron chi connectivity index (χ3n) is 3.98. The molecule has 1 amide bonds. The number of ether oxygens (including phenoxy) is 2. The second kappa shape index (κ2) is 9.38. The van der Waals surface area contributed by atoms with Gasteiger partial charge in [-0.2, -0.15) is 0 Å². The fourth-order valence-corrected chi connectivity index (χ4v) is 2.49. The lowest BCUT2D eigenvalue weighted by Gasteiger charge is -2.17. The number of amides is 1. The van der Waals surface area contributed by atoms with Gasteiger partial charge in [-0.3, -0.25) is 4.79 Å². The van der Waals surface area contributed by atoms with E-state index in [2.05, 4.69) is 5.32 Å². The molecule has 7 heteroatoms. The van der Waals surface area contributed by atoms with Crippen molar-refractivity contribution in [1.29, 1.82) is 0 Å². The molecule has 2 aromatic rings. The van der Waals surface area contributed by atoms with E-state index >= 15 is 0 Å². The van der Waals surface area contributed by atoms with Crippen LogP contribution < -0.4 is 11.1 Å². The lowest BCUT2D eigenvalue weighted by molar-refractivity contribution is -0.145. The van der Waals surface area contributed by atoms with Gasteiger partial charge in [0.05, 0.1) is 12.7 Å². The molecule has 0 saturated carbocycles. The quantitative estimate of drug-likeness (QED) is 0.567. The Labute approximate surface area is 157 Å². The number of hydrogen-bond acceptors (Lipinski definition) is 6. The van der Waals surface area contributed by atoms with Crippen LogP contribution in [-0.2, 0) is 25.5 Å². The zero-order valence-electron chi connectivity index (χ0n) is 15.2. The number of aryl methyl sites for hydroxylation is 1. The molecule has 0 aromatic heterocycles. The Hall–Kier alpha value is -3.35. The van der Waals surface area contributed by atoms with Gasteiger partial charge in [0.2, 0.25) is 0 Å². The molecule has 1 atom stereocenters. The van der Waals surface area contributed by atoms with Crippen LogP contribution in [0.2, 0.25) is 0 Å². The number of para-hydroxylation sites is 1. The molecule has 142 valence electrons. The SMILES string of the molecule is COC(=O)C(Cc1ccccc1)NC(=O)COC(=O)c1cccc(C)c1N. The maximum atomic E-state index is 12.1. The lowest BCUT2D eigenvalue weighted by atomic mass is 10.1. The molecule has 2 aromatic carbocycles. The number of hydrogen-bond donors (Lipinski definition) is 2. The van der Waals surface area contributed by atoms with Crippen molar-refractivity contribution in [1.82, 2.24) is 5.32 Å². The number of nitrogens with one attached hydrogen (secondary N) is 1. The topological polar surface area (TPSA) is 108 Å². The summed E-state index contributed by atoms with van der Waals surface area (Å²) in [5.74, 6) is -1.90. The normalized spacial score (nSPS) is 11.3. The molecule has 0 aliphatic carbocycles. The fraction of sp³-hybridized carbons (Fsp3) is 0.250. The molecule has 3 N–H and O–H groups in total. The van der Waals surface area contributed by atoms with E-state index in [1.54, 1.807) is 19.1 Å². The highest BCUT2D eigenvalue weighted by Gasteiger charge is 2.23. The van der Waals surface area contributed by atoms with E-state index in [9.17, 15) is 14.4 Å². The Morgan fingerprint density at radius 3 is 2.44 bits per heavy atom. The number of anilines is 1. The molecule has 2 rings (SSSR count). The first-order valence-electron chi connectivity index (χ1n) is 8.35. The number of methoxy groups -OCH3 is 1. The summed E-state index contributed by atoms with van der Waals surface area (Å²) in [7, 11) is 1.24. The summed E-state index contributed by atoms with van der Waals surface area (Å²) in [4.78, 5) is 36.2. The van der Waals surface area contributed by atoms with Crippen LogP contribution in [0.15, 0.2) is 48.5 Å². The van der Waals surface area contributed by atoms with Crippen molar-refractivity contribution in [3.05, 3.63) is 65.2 Å². The fourth-order valence-electron chi connectivity index (χ4n) is 2.49. The summed E-state index contributed by atoms with van der Waals surface area (Å²) < 4.78 is 9.74. The second-order valence-electron chi connectivity index (χ2n) is 5.95. The van der Waals surface area contributed by atoms with E-state index in [0.717, 1.165) is 11.1 Å². The maximum absolute atomic E-state index is 12.1. The number of rotatable bonds is 7.